The van der Waals surface area contributed by atoms with Crippen molar-refractivity contribution in [2.45, 2.75) is 135 Å². The quantitative estimate of drug-likeness (QED) is 0.0764. The van der Waals surface area contributed by atoms with Crippen LogP contribution in [0.1, 0.15) is 97.5 Å². The number of unbranched alkanes of at least 4 members (excludes halogenated alkanes) is 4. The van der Waals surface area contributed by atoms with Crippen LogP contribution >= 0.6 is 11.6 Å². The topological polar surface area (TPSA) is 203 Å². The Hall–Kier alpha value is -3.42. The molecule has 1 heterocycles. The molecular formula is C37H60ClN5O8. The number of phenols is 1. The van der Waals surface area contributed by atoms with E-state index in [0.717, 1.165) is 32.1 Å². The molecule has 1 fully saturated rings. The third-order valence-corrected chi connectivity index (χ3v) is 10.0. The van der Waals surface area contributed by atoms with Crippen molar-refractivity contribution in [2.75, 3.05) is 19.5 Å². The summed E-state index contributed by atoms with van der Waals surface area (Å²) in [5, 5.41) is 35.5. The van der Waals surface area contributed by atoms with Gasteiger partial charge in [-0.05, 0) is 61.6 Å². The molecule has 0 aliphatic carbocycles. The Labute approximate surface area is 307 Å². The minimum absolute atomic E-state index is 0.0165. The van der Waals surface area contributed by atoms with Crippen LogP contribution in [0.3, 0.4) is 0 Å². The molecule has 13 nitrogen and oxygen atoms in total. The molecule has 0 bridgehead atoms. The van der Waals surface area contributed by atoms with Gasteiger partial charge in [-0.2, -0.15) is 0 Å². The number of phenolic OH excluding ortho intramolecular Hbond substituents is 1. The van der Waals surface area contributed by atoms with Gasteiger partial charge in [-0.15, -0.1) is 11.6 Å². The van der Waals surface area contributed by atoms with Crippen LogP contribution < -0.4 is 16.4 Å². The number of hydrogen-bond donors (Lipinski definition) is 6. The number of carboxylic acids is 1. The number of carbonyl (C=O) groups is 5. The first kappa shape index (κ1) is 43.7. The van der Waals surface area contributed by atoms with Crippen LogP contribution in [0.25, 0.3) is 0 Å². The largest absolute Gasteiger partial charge is 0.508 e. The van der Waals surface area contributed by atoms with Crippen LogP contribution in [0.4, 0.5) is 0 Å². The summed E-state index contributed by atoms with van der Waals surface area (Å²) in [4.78, 5) is 69.8. The molecule has 1 saturated heterocycles. The number of nitrogens with zero attached hydrogens (tertiary/aromatic N) is 2. The summed E-state index contributed by atoms with van der Waals surface area (Å²) in [5.41, 5.74) is 6.77. The van der Waals surface area contributed by atoms with Crippen molar-refractivity contribution >= 4 is 41.2 Å². The third-order valence-electron chi connectivity index (χ3n) is 9.75. The van der Waals surface area contributed by atoms with Crippen molar-refractivity contribution in [2.24, 2.45) is 17.6 Å². The molecule has 288 valence electrons. The van der Waals surface area contributed by atoms with E-state index in [0.29, 0.717) is 37.1 Å². The number of halogens is 1. The number of aliphatic hydroxyl groups excluding tert-OH is 1. The summed E-state index contributed by atoms with van der Waals surface area (Å²) >= 11 is 5.73. The van der Waals surface area contributed by atoms with E-state index in [2.05, 4.69) is 10.6 Å². The van der Waals surface area contributed by atoms with E-state index in [1.54, 1.807) is 19.1 Å². The van der Waals surface area contributed by atoms with Crippen molar-refractivity contribution < 1.29 is 39.3 Å². The second-order valence-corrected chi connectivity index (χ2v) is 14.7. The van der Waals surface area contributed by atoms with Crippen molar-refractivity contribution in [1.29, 1.82) is 0 Å². The molecule has 1 aliphatic heterocycles. The molecule has 0 unspecified atom stereocenters. The van der Waals surface area contributed by atoms with Gasteiger partial charge in [0.15, 0.2) is 0 Å². The van der Waals surface area contributed by atoms with E-state index in [4.69, 9.17) is 17.3 Å². The van der Waals surface area contributed by atoms with Gasteiger partial charge in [0.05, 0.1) is 0 Å². The molecule has 4 amide bonds. The van der Waals surface area contributed by atoms with E-state index in [-0.39, 0.29) is 37.0 Å². The number of benzene rings is 1. The SMILES string of the molecule is CC[C@@H](C)[C@H](NC(=O)[C@H](O)[C@H](N)CCCCCCCCl)C(=O)N(C)[C@@H](CC(C)C)C(=O)N1CCC[C@H]1C(=O)N[C@@H](Cc1ccc(O)cc1)C(=O)O. The van der Waals surface area contributed by atoms with Crippen LogP contribution in [-0.2, 0) is 30.4 Å². The first-order valence-electron chi connectivity index (χ1n) is 18.3. The molecule has 2 rings (SSSR count). The number of aliphatic carboxylic acids is 1. The van der Waals surface area contributed by atoms with E-state index in [9.17, 15) is 39.3 Å². The van der Waals surface area contributed by atoms with Crippen LogP contribution in [0.15, 0.2) is 24.3 Å². The molecule has 0 aromatic heterocycles. The molecule has 14 heteroatoms. The lowest BCUT2D eigenvalue weighted by atomic mass is 9.94. The summed E-state index contributed by atoms with van der Waals surface area (Å²) in [7, 11) is 1.50. The molecule has 51 heavy (non-hydrogen) atoms. The Kier molecular flexibility index (Phi) is 18.7. The fraction of sp³-hybridized carbons (Fsp3) is 0.703. The lowest BCUT2D eigenvalue weighted by Gasteiger charge is -2.37. The maximum Gasteiger partial charge on any atom is 0.326 e. The first-order valence-corrected chi connectivity index (χ1v) is 18.8. The van der Waals surface area contributed by atoms with Gasteiger partial charge < -0.3 is 41.5 Å². The summed E-state index contributed by atoms with van der Waals surface area (Å²) in [6.07, 6.45) is 5.14. The number of likely N-dealkylation sites (N-methyl/N-ethyl adjacent to an activating group) is 1. The second-order valence-electron chi connectivity index (χ2n) is 14.3. The van der Waals surface area contributed by atoms with E-state index in [1.165, 1.54) is 29.0 Å². The average molecular weight is 738 g/mol. The van der Waals surface area contributed by atoms with Crippen molar-refractivity contribution in [3.05, 3.63) is 29.8 Å². The van der Waals surface area contributed by atoms with Crippen LogP contribution in [0, 0.1) is 11.8 Å². The highest BCUT2D eigenvalue weighted by Crippen LogP contribution is 2.24. The molecule has 0 radical (unpaired) electrons. The Morgan fingerprint density at radius 1 is 1.02 bits per heavy atom. The summed E-state index contributed by atoms with van der Waals surface area (Å²) in [6, 6.07) is 1.00. The fourth-order valence-corrected chi connectivity index (χ4v) is 6.54. The van der Waals surface area contributed by atoms with Crippen molar-refractivity contribution in [1.82, 2.24) is 20.4 Å². The van der Waals surface area contributed by atoms with Gasteiger partial charge >= 0.3 is 5.97 Å². The second kappa shape index (κ2) is 21.8. The zero-order valence-corrected chi connectivity index (χ0v) is 31.6. The predicted molar refractivity (Wildman–Crippen MR) is 196 cm³/mol. The van der Waals surface area contributed by atoms with Gasteiger partial charge in [0.1, 0.15) is 36.0 Å². The zero-order chi connectivity index (χ0) is 38.2. The highest BCUT2D eigenvalue weighted by Gasteiger charge is 2.42. The minimum atomic E-state index is -1.52. The number of carbonyl (C=O) groups excluding carboxylic acids is 4. The minimum Gasteiger partial charge on any atom is -0.508 e. The van der Waals surface area contributed by atoms with Crippen molar-refractivity contribution in [3.8, 4) is 5.75 Å². The van der Waals surface area contributed by atoms with Gasteiger partial charge in [-0.3, -0.25) is 19.2 Å². The number of amides is 4. The summed E-state index contributed by atoms with van der Waals surface area (Å²) in [5.74, 6) is -3.24. The Balaban J connectivity index is 2.19. The highest BCUT2D eigenvalue weighted by molar-refractivity contribution is 6.17. The number of hydrogen-bond acceptors (Lipinski definition) is 8. The highest BCUT2D eigenvalue weighted by atomic mass is 35.5. The molecule has 7 atom stereocenters. The van der Waals surface area contributed by atoms with Gasteiger partial charge in [-0.25, -0.2) is 4.79 Å². The number of alkyl halides is 1. The number of aliphatic hydroxyl groups is 1. The molecular weight excluding hydrogens is 678 g/mol. The Morgan fingerprint density at radius 2 is 1.65 bits per heavy atom. The monoisotopic (exact) mass is 737 g/mol. The van der Waals surface area contributed by atoms with E-state index >= 15 is 0 Å². The number of carboxylic acid groups (broad SMARTS) is 1. The normalized spacial score (nSPS) is 18.0. The van der Waals surface area contributed by atoms with Crippen LogP contribution in [-0.4, -0.2) is 111 Å². The average Bonchev–Trinajstić information content (AvgIpc) is 3.60. The van der Waals surface area contributed by atoms with E-state index < -0.39 is 65.9 Å². The number of nitrogens with one attached hydrogen (secondary N) is 2. The van der Waals surface area contributed by atoms with Gasteiger partial charge in [-0.1, -0.05) is 71.9 Å². The molecule has 7 N–H and O–H groups in total. The summed E-state index contributed by atoms with van der Waals surface area (Å²) < 4.78 is 0. The Bertz CT molecular complexity index is 1280. The van der Waals surface area contributed by atoms with Crippen LogP contribution in [0.5, 0.6) is 5.75 Å². The fourth-order valence-electron chi connectivity index (χ4n) is 6.35. The molecule has 1 aromatic rings. The molecule has 1 aromatic carbocycles. The lowest BCUT2D eigenvalue weighted by Crippen LogP contribution is -2.60. The molecule has 1 aliphatic rings. The maximum absolute atomic E-state index is 14.2. The zero-order valence-electron chi connectivity index (χ0n) is 30.9. The lowest BCUT2D eigenvalue weighted by molar-refractivity contribution is -0.150. The number of nitrogens with two attached hydrogens (primary N) is 1. The smallest absolute Gasteiger partial charge is 0.326 e. The number of likely N-dealkylation sites (tertiary alicyclic amines) is 1. The van der Waals surface area contributed by atoms with Gasteiger partial charge in [0.2, 0.25) is 17.7 Å². The number of aromatic hydroxyl groups is 1. The molecule has 0 spiro atoms. The van der Waals surface area contributed by atoms with Crippen molar-refractivity contribution in [3.63, 3.8) is 0 Å². The van der Waals surface area contributed by atoms with E-state index in [1.807, 2.05) is 20.8 Å². The molecule has 0 saturated carbocycles. The standard InChI is InChI=1S/C37H60ClN5O8/c1-6-24(4)31(41-34(47)32(45)27(39)13-10-8-7-9-11-19-38)36(49)42(5)30(21-23(2)3)35(48)43-20-12-14-29(43)33(46)40-28(37(50)51)22-25-15-17-26(44)18-16-25/h15-18,23-24,27-32,44-45H,6-14,19-22,39H2,1-5H3,(H,40,46)(H,41,47)(H,50,51)/t24-,27-,28+,29+,30+,31+,32-/m1/s1. The van der Waals surface area contributed by atoms with Gasteiger partial charge in [0, 0.05) is 31.9 Å². The Morgan fingerprint density at radius 3 is 2.24 bits per heavy atom. The summed E-state index contributed by atoms with van der Waals surface area (Å²) in [6.45, 7) is 7.76. The first-order chi connectivity index (χ1) is 24.1. The maximum atomic E-state index is 14.2. The number of rotatable bonds is 22. The van der Waals surface area contributed by atoms with Gasteiger partial charge in [0.25, 0.3) is 5.91 Å². The van der Waals surface area contributed by atoms with Crippen LogP contribution in [0.2, 0.25) is 0 Å². The predicted octanol–water partition coefficient (Wildman–Crippen LogP) is 3.17. The third kappa shape index (κ3) is 13.6.